The van der Waals surface area contributed by atoms with Gasteiger partial charge in [0.25, 0.3) is 5.91 Å². The van der Waals surface area contributed by atoms with Crippen molar-refractivity contribution in [2.45, 2.75) is 32.7 Å². The lowest BCUT2D eigenvalue weighted by atomic mass is 9.87. The molecule has 2 aromatic heterocycles. The van der Waals surface area contributed by atoms with Gasteiger partial charge in [-0.2, -0.15) is 0 Å². The third-order valence-electron chi connectivity index (χ3n) is 5.66. The lowest BCUT2D eigenvalue weighted by Gasteiger charge is -2.28. The number of amides is 1. The predicted molar refractivity (Wildman–Crippen MR) is 120 cm³/mol. The topological polar surface area (TPSA) is 100 Å². The first-order valence-corrected chi connectivity index (χ1v) is 10.3. The van der Waals surface area contributed by atoms with Gasteiger partial charge in [0.1, 0.15) is 17.5 Å². The third-order valence-corrected chi connectivity index (χ3v) is 5.66. The van der Waals surface area contributed by atoms with Crippen LogP contribution >= 0.6 is 0 Å². The van der Waals surface area contributed by atoms with E-state index in [9.17, 15) is 19.5 Å². The second kappa shape index (κ2) is 8.34. The summed E-state index contributed by atoms with van der Waals surface area (Å²) in [7, 11) is 0. The number of Topliss-reactive ketones (excluding diaryl/α,β-unsaturated/α-hetero) is 1. The van der Waals surface area contributed by atoms with Crippen LogP contribution in [0.4, 0.5) is 5.82 Å². The largest absolute Gasteiger partial charge is 0.481 e. The van der Waals surface area contributed by atoms with E-state index in [4.69, 9.17) is 0 Å². The van der Waals surface area contributed by atoms with Crippen LogP contribution in [0.1, 0.15) is 47.4 Å². The standard InChI is InChI=1S/C25H23N3O4/c1-14(2)8-12-19(29)21(25(31)32)22-17-6-4-5-7-18(17)24(30)28(22)20-13-11-16-10-9-15(3)26-23(16)27-20/h4-7,9-11,13,21-22H,1,8,12H2,2-3H3,(H,31,32). The molecule has 1 N–H and O–H groups in total. The molecular weight excluding hydrogens is 406 g/mol. The number of nitrogens with zero attached hydrogens (tertiary/aromatic N) is 3. The monoisotopic (exact) mass is 429 g/mol. The smallest absolute Gasteiger partial charge is 0.316 e. The van der Waals surface area contributed by atoms with E-state index in [0.717, 1.165) is 16.7 Å². The molecular formula is C25H23N3O4. The van der Waals surface area contributed by atoms with Crippen molar-refractivity contribution in [1.29, 1.82) is 0 Å². The number of aryl methyl sites for hydroxylation is 1. The van der Waals surface area contributed by atoms with Crippen LogP contribution in [0, 0.1) is 12.8 Å². The number of hydrogen-bond donors (Lipinski definition) is 1. The Kier molecular flexibility index (Phi) is 5.57. The fraction of sp³-hybridized carbons (Fsp3) is 0.240. The fourth-order valence-corrected chi connectivity index (χ4v) is 4.08. The van der Waals surface area contributed by atoms with Gasteiger partial charge < -0.3 is 5.11 Å². The Hall–Kier alpha value is -3.87. The Balaban J connectivity index is 1.85. The second-order valence-corrected chi connectivity index (χ2v) is 8.12. The summed E-state index contributed by atoms with van der Waals surface area (Å²) in [5.41, 5.74) is 2.89. The van der Waals surface area contributed by atoms with Crippen molar-refractivity contribution in [1.82, 2.24) is 9.97 Å². The number of pyridine rings is 2. The predicted octanol–water partition coefficient (Wildman–Crippen LogP) is 4.27. The average Bonchev–Trinajstić information content (AvgIpc) is 3.04. The minimum absolute atomic E-state index is 0.0406. The maximum Gasteiger partial charge on any atom is 0.316 e. The van der Waals surface area contributed by atoms with Gasteiger partial charge in [0, 0.05) is 23.1 Å². The van der Waals surface area contributed by atoms with Crippen LogP contribution in [0.5, 0.6) is 0 Å². The van der Waals surface area contributed by atoms with Gasteiger partial charge in [-0.05, 0) is 56.2 Å². The molecule has 0 saturated heterocycles. The van der Waals surface area contributed by atoms with Crippen molar-refractivity contribution in [2.24, 2.45) is 5.92 Å². The summed E-state index contributed by atoms with van der Waals surface area (Å²) in [5, 5.41) is 10.8. The van der Waals surface area contributed by atoms with E-state index in [1.165, 1.54) is 4.90 Å². The third kappa shape index (κ3) is 3.77. The highest BCUT2D eigenvalue weighted by molar-refractivity contribution is 6.13. The summed E-state index contributed by atoms with van der Waals surface area (Å²) in [4.78, 5) is 49.0. The normalized spacial score (nSPS) is 16.1. The number of fused-ring (bicyclic) bond motifs is 2. The Morgan fingerprint density at radius 2 is 1.81 bits per heavy atom. The molecule has 0 aliphatic carbocycles. The van der Waals surface area contributed by atoms with Crippen molar-refractivity contribution < 1.29 is 19.5 Å². The first-order valence-electron chi connectivity index (χ1n) is 10.3. The molecule has 3 aromatic rings. The van der Waals surface area contributed by atoms with Crippen molar-refractivity contribution in [2.75, 3.05) is 4.90 Å². The van der Waals surface area contributed by atoms with Crippen LogP contribution in [0.15, 0.2) is 60.7 Å². The highest BCUT2D eigenvalue weighted by Crippen LogP contribution is 2.42. The number of hydrogen-bond acceptors (Lipinski definition) is 5. The van der Waals surface area contributed by atoms with Crippen LogP contribution in [-0.2, 0) is 9.59 Å². The molecule has 0 spiro atoms. The van der Waals surface area contributed by atoms with Crippen molar-refractivity contribution in [3.05, 3.63) is 77.5 Å². The van der Waals surface area contributed by atoms with Crippen LogP contribution < -0.4 is 4.90 Å². The number of carboxylic acid groups (broad SMARTS) is 1. The number of rotatable bonds is 7. The Morgan fingerprint density at radius 1 is 1.09 bits per heavy atom. The molecule has 2 atom stereocenters. The number of allylic oxidation sites excluding steroid dienone is 1. The van der Waals surface area contributed by atoms with Crippen LogP contribution in [-0.4, -0.2) is 32.7 Å². The van der Waals surface area contributed by atoms with Crippen molar-refractivity contribution in [3.63, 3.8) is 0 Å². The van der Waals surface area contributed by atoms with E-state index in [1.54, 1.807) is 43.3 Å². The Labute approximate surface area is 185 Å². The van der Waals surface area contributed by atoms with Crippen LogP contribution in [0.25, 0.3) is 11.0 Å². The minimum Gasteiger partial charge on any atom is -0.481 e. The molecule has 0 radical (unpaired) electrons. The summed E-state index contributed by atoms with van der Waals surface area (Å²) >= 11 is 0. The quantitative estimate of drug-likeness (QED) is 0.445. The van der Waals surface area contributed by atoms with Crippen molar-refractivity contribution >= 4 is 34.5 Å². The number of ketones is 1. The number of carbonyl (C=O) groups excluding carboxylic acids is 2. The zero-order chi connectivity index (χ0) is 23.0. The SMILES string of the molecule is C=C(C)CCC(=O)C(C(=O)O)C1c2ccccc2C(=O)N1c1ccc2ccc(C)nc2n1. The summed E-state index contributed by atoms with van der Waals surface area (Å²) in [5.74, 6) is -3.27. The molecule has 1 aliphatic heterocycles. The maximum absolute atomic E-state index is 13.4. The highest BCUT2D eigenvalue weighted by atomic mass is 16.4. The fourth-order valence-electron chi connectivity index (χ4n) is 4.08. The second-order valence-electron chi connectivity index (χ2n) is 8.12. The summed E-state index contributed by atoms with van der Waals surface area (Å²) in [6, 6.07) is 13.0. The molecule has 0 saturated carbocycles. The van der Waals surface area contributed by atoms with Crippen LogP contribution in [0.2, 0.25) is 0 Å². The van der Waals surface area contributed by atoms with E-state index in [1.807, 2.05) is 19.1 Å². The van der Waals surface area contributed by atoms with E-state index < -0.39 is 23.7 Å². The molecule has 0 bridgehead atoms. The molecule has 2 unspecified atom stereocenters. The summed E-state index contributed by atoms with van der Waals surface area (Å²) < 4.78 is 0. The highest BCUT2D eigenvalue weighted by Gasteiger charge is 2.48. The molecule has 1 amide bonds. The maximum atomic E-state index is 13.4. The summed E-state index contributed by atoms with van der Waals surface area (Å²) in [6.07, 6.45) is 0.432. The number of carbonyl (C=O) groups is 3. The van der Waals surface area contributed by atoms with Gasteiger partial charge in [-0.25, -0.2) is 9.97 Å². The van der Waals surface area contributed by atoms with Gasteiger partial charge in [-0.3, -0.25) is 19.3 Å². The summed E-state index contributed by atoms with van der Waals surface area (Å²) in [6.45, 7) is 7.43. The Morgan fingerprint density at radius 3 is 2.53 bits per heavy atom. The molecule has 162 valence electrons. The molecule has 4 rings (SSSR count). The number of benzene rings is 1. The average molecular weight is 429 g/mol. The van der Waals surface area contributed by atoms with Gasteiger partial charge in [-0.15, -0.1) is 6.58 Å². The first kappa shape index (κ1) is 21.4. The number of aromatic nitrogens is 2. The van der Waals surface area contributed by atoms with Crippen molar-refractivity contribution in [3.8, 4) is 0 Å². The van der Waals surface area contributed by atoms with Gasteiger partial charge in [0.2, 0.25) is 0 Å². The molecule has 0 fully saturated rings. The van der Waals surface area contributed by atoms with E-state index >= 15 is 0 Å². The molecule has 1 aromatic carbocycles. The van der Waals surface area contributed by atoms with Gasteiger partial charge in [-0.1, -0.05) is 23.8 Å². The molecule has 3 heterocycles. The van der Waals surface area contributed by atoms with Gasteiger partial charge in [0.05, 0.1) is 6.04 Å². The van der Waals surface area contributed by atoms with Crippen LogP contribution in [0.3, 0.4) is 0 Å². The van der Waals surface area contributed by atoms with E-state index in [0.29, 0.717) is 23.2 Å². The minimum atomic E-state index is -1.43. The first-order chi connectivity index (χ1) is 15.3. The number of carboxylic acids is 1. The molecule has 1 aliphatic rings. The molecule has 32 heavy (non-hydrogen) atoms. The Bertz CT molecular complexity index is 1270. The van der Waals surface area contributed by atoms with E-state index in [-0.39, 0.29) is 18.1 Å². The molecule has 7 nitrogen and oxygen atoms in total. The van der Waals surface area contributed by atoms with Gasteiger partial charge >= 0.3 is 5.97 Å². The van der Waals surface area contributed by atoms with E-state index in [2.05, 4.69) is 16.5 Å². The molecule has 7 heteroatoms. The number of aliphatic carboxylic acids is 1. The zero-order valence-corrected chi connectivity index (χ0v) is 17.9. The lowest BCUT2D eigenvalue weighted by molar-refractivity contribution is -0.147. The number of anilines is 1. The lowest BCUT2D eigenvalue weighted by Crippen LogP contribution is -2.40. The zero-order valence-electron chi connectivity index (χ0n) is 17.9. The van der Waals surface area contributed by atoms with Gasteiger partial charge in [0.15, 0.2) is 5.65 Å².